The molecule has 2 N–H and O–H groups in total. The molecule has 0 spiro atoms. The minimum absolute atomic E-state index is 0.0821. The Hall–Kier alpha value is -3.68. The second-order valence-corrected chi connectivity index (χ2v) is 5.83. The number of amides is 1. The van der Waals surface area contributed by atoms with Crippen LogP contribution in [0, 0.1) is 12.7 Å². The summed E-state index contributed by atoms with van der Waals surface area (Å²) in [7, 11) is 1.54. The number of oxazole rings is 1. The molecule has 0 aliphatic heterocycles. The van der Waals surface area contributed by atoms with Crippen LogP contribution in [0.3, 0.4) is 0 Å². The number of imidazole rings is 1. The number of aryl methyl sites for hydroxylation is 1. The molecule has 2 heterocycles. The van der Waals surface area contributed by atoms with E-state index >= 15 is 0 Å². The van der Waals surface area contributed by atoms with Crippen LogP contribution in [0.2, 0.25) is 0 Å². The maximum absolute atomic E-state index is 13.2. The van der Waals surface area contributed by atoms with Gasteiger partial charge in [-0.1, -0.05) is 12.1 Å². The van der Waals surface area contributed by atoms with Crippen LogP contribution < -0.4 is 10.1 Å². The van der Waals surface area contributed by atoms with E-state index in [4.69, 9.17) is 9.15 Å². The van der Waals surface area contributed by atoms with Crippen molar-refractivity contribution in [2.75, 3.05) is 12.4 Å². The molecule has 0 saturated heterocycles. The number of benzene rings is 2. The first-order valence-corrected chi connectivity index (χ1v) is 8.11. The lowest BCUT2D eigenvalue weighted by atomic mass is 10.0. The fraction of sp³-hybridized carbons (Fsp3) is 0.105. The molecule has 136 valence electrons. The summed E-state index contributed by atoms with van der Waals surface area (Å²) in [5.74, 6) is 0.484. The van der Waals surface area contributed by atoms with Gasteiger partial charge in [-0.3, -0.25) is 10.1 Å². The van der Waals surface area contributed by atoms with Crippen molar-refractivity contribution in [3.63, 3.8) is 0 Å². The number of ether oxygens (including phenoxy) is 1. The number of methoxy groups -OCH3 is 1. The average Bonchev–Trinajstić information content (AvgIpc) is 3.28. The number of fused-ring (bicyclic) bond motifs is 1. The normalized spacial score (nSPS) is 10.9. The molecule has 8 heteroatoms. The summed E-state index contributed by atoms with van der Waals surface area (Å²) in [6.45, 7) is 1.65. The van der Waals surface area contributed by atoms with Crippen LogP contribution in [-0.4, -0.2) is 28.0 Å². The van der Waals surface area contributed by atoms with Crippen LogP contribution in [0.5, 0.6) is 5.75 Å². The van der Waals surface area contributed by atoms with Gasteiger partial charge < -0.3 is 14.1 Å². The van der Waals surface area contributed by atoms with E-state index in [1.165, 1.54) is 18.3 Å². The second kappa shape index (κ2) is 6.56. The third-order valence-corrected chi connectivity index (χ3v) is 4.06. The lowest BCUT2D eigenvalue weighted by Gasteiger charge is -2.06. The molecule has 4 aromatic rings. The predicted octanol–water partition coefficient (Wildman–Crippen LogP) is 3.93. The van der Waals surface area contributed by atoms with E-state index in [2.05, 4.69) is 20.3 Å². The van der Waals surface area contributed by atoms with E-state index in [-0.39, 0.29) is 17.5 Å². The summed E-state index contributed by atoms with van der Waals surface area (Å²) >= 11 is 0. The molecule has 0 unspecified atom stereocenters. The molecule has 2 aromatic heterocycles. The average molecular weight is 366 g/mol. The zero-order valence-electron chi connectivity index (χ0n) is 14.5. The topological polar surface area (TPSA) is 93.0 Å². The highest BCUT2D eigenvalue weighted by Gasteiger charge is 2.17. The number of aromatic amines is 1. The van der Waals surface area contributed by atoms with Gasteiger partial charge in [0.25, 0.3) is 5.91 Å². The Kier molecular flexibility index (Phi) is 4.08. The molecule has 2 aromatic carbocycles. The number of aromatic nitrogens is 3. The highest BCUT2D eigenvalue weighted by atomic mass is 19.1. The lowest BCUT2D eigenvalue weighted by molar-refractivity contribution is 0.0994. The first kappa shape index (κ1) is 16.8. The van der Waals surface area contributed by atoms with E-state index in [0.717, 1.165) is 11.1 Å². The third-order valence-electron chi connectivity index (χ3n) is 4.06. The Bertz CT molecular complexity index is 1130. The molecule has 0 fully saturated rings. The first-order valence-electron chi connectivity index (χ1n) is 8.11. The fourth-order valence-corrected chi connectivity index (χ4v) is 2.79. The highest BCUT2D eigenvalue weighted by molar-refractivity contribution is 6.03. The predicted molar refractivity (Wildman–Crippen MR) is 97.2 cm³/mol. The summed E-state index contributed by atoms with van der Waals surface area (Å²) in [6, 6.07) is 9.72. The molecule has 7 nitrogen and oxygen atoms in total. The summed E-state index contributed by atoms with van der Waals surface area (Å²) in [5, 5.41) is 2.65. The highest BCUT2D eigenvalue weighted by Crippen LogP contribution is 2.34. The van der Waals surface area contributed by atoms with Gasteiger partial charge in [-0.15, -0.1) is 0 Å². The lowest BCUT2D eigenvalue weighted by Crippen LogP contribution is -2.11. The van der Waals surface area contributed by atoms with Gasteiger partial charge in [0.2, 0.25) is 11.7 Å². The van der Waals surface area contributed by atoms with Crippen LogP contribution in [0.15, 0.2) is 47.0 Å². The number of nitrogens with one attached hydrogen (secondary N) is 2. The molecule has 0 saturated carbocycles. The molecule has 0 bridgehead atoms. The summed E-state index contributed by atoms with van der Waals surface area (Å²) in [4.78, 5) is 23.7. The summed E-state index contributed by atoms with van der Waals surface area (Å²) in [6.07, 6.45) is 1.35. The molecule has 0 atom stereocenters. The maximum Gasteiger partial charge on any atom is 0.295 e. The van der Waals surface area contributed by atoms with Gasteiger partial charge in [-0.2, -0.15) is 0 Å². The van der Waals surface area contributed by atoms with E-state index in [9.17, 15) is 9.18 Å². The van der Waals surface area contributed by atoms with Gasteiger partial charge in [0.1, 0.15) is 22.6 Å². The van der Waals surface area contributed by atoms with Crippen molar-refractivity contribution in [2.24, 2.45) is 0 Å². The number of hydrogen-bond donors (Lipinski definition) is 2. The Morgan fingerprint density at radius 1 is 1.22 bits per heavy atom. The van der Waals surface area contributed by atoms with Gasteiger partial charge in [-0.25, -0.2) is 14.4 Å². The van der Waals surface area contributed by atoms with Crippen molar-refractivity contribution in [2.45, 2.75) is 6.92 Å². The standard InChI is InChI=1S/C19H15FN4O3/c1-10-21-9-15(27-10)18(25)24-19-22-16-13(11-3-5-12(20)6-4-11)7-8-14(26-2)17(16)23-19/h3-9H,1-2H3,(H2,22,23,24,25). The van der Waals surface area contributed by atoms with Crippen molar-refractivity contribution < 1.29 is 18.3 Å². The van der Waals surface area contributed by atoms with Gasteiger partial charge in [0, 0.05) is 12.5 Å². The van der Waals surface area contributed by atoms with Gasteiger partial charge in [-0.05, 0) is 29.8 Å². The molecule has 27 heavy (non-hydrogen) atoms. The van der Waals surface area contributed by atoms with Crippen molar-refractivity contribution in [3.05, 3.63) is 60.1 Å². The summed E-state index contributed by atoms with van der Waals surface area (Å²) in [5.41, 5.74) is 2.77. The number of carbonyl (C=O) groups excluding carboxylic acids is 1. The fourth-order valence-electron chi connectivity index (χ4n) is 2.79. The number of hydrogen-bond acceptors (Lipinski definition) is 5. The number of rotatable bonds is 4. The van der Waals surface area contributed by atoms with E-state index in [0.29, 0.717) is 22.7 Å². The maximum atomic E-state index is 13.2. The van der Waals surface area contributed by atoms with Crippen LogP contribution in [0.4, 0.5) is 10.3 Å². The van der Waals surface area contributed by atoms with Crippen molar-refractivity contribution >= 4 is 22.9 Å². The van der Waals surface area contributed by atoms with E-state index < -0.39 is 5.91 Å². The zero-order valence-corrected chi connectivity index (χ0v) is 14.5. The van der Waals surface area contributed by atoms with Crippen molar-refractivity contribution in [1.29, 1.82) is 0 Å². The quantitative estimate of drug-likeness (QED) is 0.571. The second-order valence-electron chi connectivity index (χ2n) is 5.83. The molecule has 1 amide bonds. The molecular weight excluding hydrogens is 351 g/mol. The number of nitrogens with zero attached hydrogens (tertiary/aromatic N) is 2. The summed E-state index contributed by atoms with van der Waals surface area (Å²) < 4.78 is 23.8. The van der Waals surface area contributed by atoms with Crippen LogP contribution in [-0.2, 0) is 0 Å². The Labute approximate surface area is 153 Å². The van der Waals surface area contributed by atoms with Crippen molar-refractivity contribution in [3.8, 4) is 16.9 Å². The third kappa shape index (κ3) is 3.12. The zero-order chi connectivity index (χ0) is 19.0. The molecule has 4 rings (SSSR count). The molecule has 0 radical (unpaired) electrons. The van der Waals surface area contributed by atoms with Crippen LogP contribution >= 0.6 is 0 Å². The Morgan fingerprint density at radius 3 is 2.67 bits per heavy atom. The van der Waals surface area contributed by atoms with Crippen molar-refractivity contribution in [1.82, 2.24) is 15.0 Å². The first-order chi connectivity index (χ1) is 13.0. The van der Waals surface area contributed by atoms with E-state index in [1.807, 2.05) is 6.07 Å². The Balaban J connectivity index is 1.76. The van der Waals surface area contributed by atoms with Crippen LogP contribution in [0.25, 0.3) is 22.2 Å². The van der Waals surface area contributed by atoms with Crippen LogP contribution in [0.1, 0.15) is 16.4 Å². The Morgan fingerprint density at radius 2 is 2.00 bits per heavy atom. The number of H-pyrrole nitrogens is 1. The smallest absolute Gasteiger partial charge is 0.295 e. The molecular formula is C19H15FN4O3. The minimum atomic E-state index is -0.475. The number of carbonyl (C=O) groups is 1. The minimum Gasteiger partial charge on any atom is -0.494 e. The van der Waals surface area contributed by atoms with Gasteiger partial charge >= 0.3 is 0 Å². The number of anilines is 1. The SMILES string of the molecule is COc1ccc(-c2ccc(F)cc2)c2nc(NC(=O)c3cnc(C)o3)[nH]c12. The van der Waals surface area contributed by atoms with E-state index in [1.54, 1.807) is 32.2 Å². The molecule has 0 aliphatic rings. The largest absolute Gasteiger partial charge is 0.494 e. The van der Waals surface area contributed by atoms with Gasteiger partial charge in [0.05, 0.1) is 13.3 Å². The monoisotopic (exact) mass is 366 g/mol. The molecule has 0 aliphatic carbocycles. The number of halogens is 1. The van der Waals surface area contributed by atoms with Gasteiger partial charge in [0.15, 0.2) is 5.89 Å².